The Morgan fingerprint density at radius 3 is 2.33 bits per heavy atom. The van der Waals surface area contributed by atoms with Crippen LogP contribution in [0.2, 0.25) is 0 Å². The highest BCUT2D eigenvalue weighted by Crippen LogP contribution is 1.94. The van der Waals surface area contributed by atoms with Gasteiger partial charge in [-0.05, 0) is 0 Å². The summed E-state index contributed by atoms with van der Waals surface area (Å²) in [5.41, 5.74) is -1.23. The molecule has 2 unspecified atom stereocenters. The third-order valence-corrected chi connectivity index (χ3v) is 1.67. The van der Waals surface area contributed by atoms with Crippen LogP contribution in [0.5, 0.6) is 0 Å². The topological polar surface area (TPSA) is 74.6 Å². The Morgan fingerprint density at radius 2 is 2.22 bits per heavy atom. The van der Waals surface area contributed by atoms with Gasteiger partial charge in [0.2, 0.25) is 0 Å². The number of aliphatic hydroxyl groups is 1. The van der Waals surface area contributed by atoms with Crippen molar-refractivity contribution in [2.75, 3.05) is 6.26 Å². The van der Waals surface area contributed by atoms with Gasteiger partial charge in [-0.25, -0.2) is 0 Å². The Hall–Kier alpha value is -0.420. The van der Waals surface area contributed by atoms with Crippen molar-refractivity contribution < 1.29 is 19.2 Å². The van der Waals surface area contributed by atoms with Gasteiger partial charge in [-0.2, -0.15) is 0 Å². The zero-order valence-corrected chi connectivity index (χ0v) is 5.72. The fourth-order valence-electron chi connectivity index (χ4n) is 0.267. The summed E-state index contributed by atoms with van der Waals surface area (Å²) in [7, 11) is -1.46. The quantitative estimate of drug-likeness (QED) is 0.553. The molecule has 4 nitrogen and oxygen atoms in total. The number of rotatable bonds is 3. The lowest BCUT2D eigenvalue weighted by Crippen LogP contribution is -2.17. The minimum Gasteiger partial charge on any atom is -0.481 e. The molecule has 0 aromatic carbocycles. The van der Waals surface area contributed by atoms with Crippen molar-refractivity contribution >= 4 is 16.8 Å². The summed E-state index contributed by atoms with van der Waals surface area (Å²) in [5.74, 6) is -1.14. The van der Waals surface area contributed by atoms with Gasteiger partial charge in [0, 0.05) is 17.1 Å². The first-order valence-electron chi connectivity index (χ1n) is 2.26. The first-order valence-corrected chi connectivity index (χ1v) is 3.88. The lowest BCUT2D eigenvalue weighted by molar-refractivity contribution is -0.138. The Labute approximate surface area is 55.0 Å². The lowest BCUT2D eigenvalue weighted by Gasteiger charge is -2.00. The highest BCUT2D eigenvalue weighted by molar-refractivity contribution is 7.84. The number of hydrogen-bond donors (Lipinski definition) is 2. The predicted molar refractivity (Wildman–Crippen MR) is 32.3 cm³/mol. The van der Waals surface area contributed by atoms with E-state index in [1.54, 1.807) is 0 Å². The van der Waals surface area contributed by atoms with Gasteiger partial charge in [-0.1, -0.05) is 0 Å². The first-order chi connectivity index (χ1) is 4.04. The van der Waals surface area contributed by atoms with Crippen molar-refractivity contribution in [3.63, 3.8) is 0 Å². The van der Waals surface area contributed by atoms with Crippen LogP contribution in [0.1, 0.15) is 6.42 Å². The molecule has 0 heterocycles. The molecule has 0 bridgehead atoms. The maximum absolute atomic E-state index is 10.3. The summed E-state index contributed by atoms with van der Waals surface area (Å²) < 4.78 is 10.3. The fraction of sp³-hybridized carbons (Fsp3) is 0.750. The SMILES string of the molecule is CS(=O)C(O)CC(=O)O. The van der Waals surface area contributed by atoms with Crippen LogP contribution in [0, 0.1) is 0 Å². The smallest absolute Gasteiger partial charge is 0.306 e. The van der Waals surface area contributed by atoms with Crippen LogP contribution in [0.3, 0.4) is 0 Å². The monoisotopic (exact) mass is 152 g/mol. The average Bonchev–Trinajstić information content (AvgIpc) is 1.63. The standard InChI is InChI=1S/C4H8O4S/c1-9(8)4(7)2-3(5)6/h4,7H,2H2,1H3,(H,5,6). The molecule has 0 amide bonds. The second kappa shape index (κ2) is 3.58. The van der Waals surface area contributed by atoms with E-state index in [2.05, 4.69) is 0 Å². The molecule has 0 radical (unpaired) electrons. The van der Waals surface area contributed by atoms with E-state index in [-0.39, 0.29) is 0 Å². The summed E-state index contributed by atoms with van der Waals surface area (Å²) in [4.78, 5) is 9.82. The summed E-state index contributed by atoms with van der Waals surface area (Å²) >= 11 is 0. The van der Waals surface area contributed by atoms with Crippen LogP contribution in [-0.2, 0) is 15.6 Å². The van der Waals surface area contributed by atoms with Crippen molar-refractivity contribution in [2.24, 2.45) is 0 Å². The highest BCUT2D eigenvalue weighted by Gasteiger charge is 2.11. The zero-order valence-electron chi connectivity index (χ0n) is 4.90. The summed E-state index contributed by atoms with van der Waals surface area (Å²) in [6, 6.07) is 0. The van der Waals surface area contributed by atoms with Gasteiger partial charge in [0.15, 0.2) is 0 Å². The molecular formula is C4H8O4S. The van der Waals surface area contributed by atoms with E-state index in [0.717, 1.165) is 0 Å². The third kappa shape index (κ3) is 4.11. The van der Waals surface area contributed by atoms with Gasteiger partial charge < -0.3 is 10.2 Å². The molecule has 0 fully saturated rings. The van der Waals surface area contributed by atoms with Crippen LogP contribution < -0.4 is 0 Å². The van der Waals surface area contributed by atoms with Crippen molar-refractivity contribution in [1.29, 1.82) is 0 Å². The summed E-state index contributed by atoms with van der Waals surface area (Å²) in [5, 5.41) is 16.7. The Balaban J connectivity index is 3.63. The average molecular weight is 152 g/mol. The molecule has 0 spiro atoms. The molecule has 54 valence electrons. The Kier molecular flexibility index (Phi) is 3.41. The molecule has 2 atom stereocenters. The number of carbonyl (C=O) groups is 1. The Morgan fingerprint density at radius 1 is 1.78 bits per heavy atom. The summed E-state index contributed by atoms with van der Waals surface area (Å²) in [6.07, 6.45) is 0.802. The molecular weight excluding hydrogens is 144 g/mol. The molecule has 0 aromatic rings. The minimum absolute atomic E-state index is 0.455. The van der Waals surface area contributed by atoms with Gasteiger partial charge >= 0.3 is 5.97 Å². The van der Waals surface area contributed by atoms with Crippen LogP contribution in [0.4, 0.5) is 0 Å². The van der Waals surface area contributed by atoms with Crippen LogP contribution in [0.25, 0.3) is 0 Å². The van der Waals surface area contributed by atoms with E-state index in [4.69, 9.17) is 10.2 Å². The van der Waals surface area contributed by atoms with Gasteiger partial charge in [-0.3, -0.25) is 9.00 Å². The maximum Gasteiger partial charge on any atom is 0.306 e. The van der Waals surface area contributed by atoms with Crippen molar-refractivity contribution in [1.82, 2.24) is 0 Å². The number of carboxylic acids is 1. The van der Waals surface area contributed by atoms with Crippen LogP contribution in [0.15, 0.2) is 0 Å². The summed E-state index contributed by atoms with van der Waals surface area (Å²) in [6.45, 7) is 0. The second-order valence-corrected chi connectivity index (χ2v) is 3.09. The van der Waals surface area contributed by atoms with Crippen molar-refractivity contribution in [3.05, 3.63) is 0 Å². The van der Waals surface area contributed by atoms with E-state index in [9.17, 15) is 9.00 Å². The number of carboxylic acid groups (broad SMARTS) is 1. The molecule has 2 N–H and O–H groups in total. The number of aliphatic carboxylic acids is 1. The highest BCUT2D eigenvalue weighted by atomic mass is 32.2. The van der Waals surface area contributed by atoms with E-state index < -0.39 is 28.6 Å². The normalized spacial score (nSPS) is 16.7. The first kappa shape index (κ1) is 8.58. The molecule has 0 aliphatic rings. The van der Waals surface area contributed by atoms with Gasteiger partial charge in [0.25, 0.3) is 0 Å². The van der Waals surface area contributed by atoms with Crippen molar-refractivity contribution in [2.45, 2.75) is 11.9 Å². The molecule has 0 aliphatic carbocycles. The molecule has 0 rings (SSSR count). The number of hydrogen-bond acceptors (Lipinski definition) is 3. The molecule has 0 aromatic heterocycles. The minimum atomic E-state index is -1.46. The zero-order chi connectivity index (χ0) is 7.44. The molecule has 5 heteroatoms. The van der Waals surface area contributed by atoms with Crippen LogP contribution >= 0.6 is 0 Å². The number of aliphatic hydroxyl groups excluding tert-OH is 1. The maximum atomic E-state index is 10.3. The largest absolute Gasteiger partial charge is 0.481 e. The third-order valence-electron chi connectivity index (χ3n) is 0.732. The second-order valence-electron chi connectivity index (χ2n) is 1.55. The molecule has 9 heavy (non-hydrogen) atoms. The van der Waals surface area contributed by atoms with E-state index in [1.165, 1.54) is 6.26 Å². The fourth-order valence-corrected chi connectivity index (χ4v) is 0.644. The molecule has 0 saturated heterocycles. The lowest BCUT2D eigenvalue weighted by atomic mass is 10.5. The molecule has 0 aliphatic heterocycles. The van der Waals surface area contributed by atoms with Gasteiger partial charge in [0.05, 0.1) is 6.42 Å². The van der Waals surface area contributed by atoms with E-state index >= 15 is 0 Å². The van der Waals surface area contributed by atoms with Crippen molar-refractivity contribution in [3.8, 4) is 0 Å². The Bertz CT molecular complexity index is 133. The van der Waals surface area contributed by atoms with Gasteiger partial charge in [0.1, 0.15) is 5.44 Å². The van der Waals surface area contributed by atoms with E-state index in [1.807, 2.05) is 0 Å². The van der Waals surface area contributed by atoms with Gasteiger partial charge in [-0.15, -0.1) is 0 Å². The molecule has 0 saturated carbocycles. The predicted octanol–water partition coefficient (Wildman–Crippen LogP) is -0.842. The van der Waals surface area contributed by atoms with E-state index in [0.29, 0.717) is 0 Å². The van der Waals surface area contributed by atoms with Crippen LogP contribution in [-0.4, -0.2) is 32.1 Å².